The van der Waals surface area contributed by atoms with E-state index in [2.05, 4.69) is 35.6 Å². The molecule has 7 heteroatoms. The van der Waals surface area contributed by atoms with Crippen molar-refractivity contribution in [2.75, 3.05) is 22.4 Å². The number of rotatable bonds is 6. The van der Waals surface area contributed by atoms with Crippen molar-refractivity contribution in [1.29, 1.82) is 0 Å². The van der Waals surface area contributed by atoms with Gasteiger partial charge in [-0.15, -0.1) is 11.3 Å². The van der Waals surface area contributed by atoms with E-state index in [0.717, 1.165) is 47.0 Å². The largest absolute Gasteiger partial charge is 0.361 e. The molecule has 1 aliphatic heterocycles. The highest BCUT2D eigenvalue weighted by atomic mass is 32.2. The number of anilines is 2. The van der Waals surface area contributed by atoms with Crippen molar-refractivity contribution in [2.24, 2.45) is 0 Å². The van der Waals surface area contributed by atoms with Crippen LogP contribution in [0, 0.1) is 0 Å². The van der Waals surface area contributed by atoms with E-state index < -0.39 is 10.0 Å². The van der Waals surface area contributed by atoms with Gasteiger partial charge in [0.05, 0.1) is 17.6 Å². The molecule has 2 aromatic carbocycles. The summed E-state index contributed by atoms with van der Waals surface area (Å²) in [6.45, 7) is 2.78. The Morgan fingerprint density at radius 1 is 1.21 bits per heavy atom. The van der Waals surface area contributed by atoms with Crippen molar-refractivity contribution in [1.82, 2.24) is 4.98 Å². The van der Waals surface area contributed by atoms with E-state index in [0.29, 0.717) is 0 Å². The molecule has 0 saturated heterocycles. The molecule has 0 aliphatic carbocycles. The Labute approximate surface area is 170 Å². The molecule has 0 radical (unpaired) electrons. The Kier molecular flexibility index (Phi) is 5.12. The highest BCUT2D eigenvalue weighted by molar-refractivity contribution is 7.92. The smallest absolute Gasteiger partial charge is 0.232 e. The van der Waals surface area contributed by atoms with E-state index in [1.54, 1.807) is 11.3 Å². The molecule has 0 amide bonds. The monoisotopic (exact) mass is 413 g/mol. The molecule has 28 heavy (non-hydrogen) atoms. The van der Waals surface area contributed by atoms with Crippen molar-refractivity contribution in [3.05, 3.63) is 65.0 Å². The number of benzene rings is 2. The quantitative estimate of drug-likeness (QED) is 0.659. The van der Waals surface area contributed by atoms with Crippen molar-refractivity contribution in [2.45, 2.75) is 25.8 Å². The van der Waals surface area contributed by atoms with Gasteiger partial charge in [0.1, 0.15) is 0 Å². The molecule has 0 unspecified atom stereocenters. The summed E-state index contributed by atoms with van der Waals surface area (Å²) in [7, 11) is -3.26. The van der Waals surface area contributed by atoms with Gasteiger partial charge in [-0.25, -0.2) is 13.4 Å². The molecule has 4 rings (SSSR count). The highest BCUT2D eigenvalue weighted by Crippen LogP contribution is 2.37. The van der Waals surface area contributed by atoms with Crippen molar-refractivity contribution < 1.29 is 8.42 Å². The molecule has 1 aliphatic rings. The number of fused-ring (bicyclic) bond motifs is 1. The summed E-state index contributed by atoms with van der Waals surface area (Å²) in [6.07, 6.45) is 2.94. The van der Waals surface area contributed by atoms with E-state index in [9.17, 15) is 8.42 Å². The van der Waals surface area contributed by atoms with E-state index >= 15 is 0 Å². The second-order valence-electron chi connectivity index (χ2n) is 7.16. The number of hydrogen-bond acceptors (Lipinski definition) is 5. The molecule has 146 valence electrons. The predicted octanol–water partition coefficient (Wildman–Crippen LogP) is 4.18. The fourth-order valence-corrected chi connectivity index (χ4v) is 5.73. The summed E-state index contributed by atoms with van der Waals surface area (Å²) >= 11 is 1.59. The summed E-state index contributed by atoms with van der Waals surface area (Å²) in [5, 5.41) is 6.33. The SMILES string of the molecule is C[C@@H]1Cc2cc(-c3csc(NCCc4ccccc4)n3)ccc2N1S(C)(=O)=O. The van der Waals surface area contributed by atoms with Gasteiger partial charge in [0, 0.05) is 23.5 Å². The molecule has 2 heterocycles. The predicted molar refractivity (Wildman–Crippen MR) is 117 cm³/mol. The molecule has 0 spiro atoms. The standard InChI is InChI=1S/C21H23N3O2S2/c1-15-12-18-13-17(8-9-20(18)24(15)28(2,25)26)19-14-27-21(23-19)22-11-10-16-6-4-3-5-7-16/h3-9,13-15H,10-12H2,1-2H3,(H,22,23)/t15-/m1/s1. The Morgan fingerprint density at radius 2 is 2.00 bits per heavy atom. The lowest BCUT2D eigenvalue weighted by Gasteiger charge is -2.21. The van der Waals surface area contributed by atoms with Crippen molar-refractivity contribution >= 4 is 32.2 Å². The second kappa shape index (κ2) is 7.56. The topological polar surface area (TPSA) is 62.3 Å². The lowest BCUT2D eigenvalue weighted by atomic mass is 10.1. The fraction of sp³-hybridized carbons (Fsp3) is 0.286. The maximum absolute atomic E-state index is 12.1. The number of sulfonamides is 1. The Bertz CT molecular complexity index is 1080. The van der Waals surface area contributed by atoms with Gasteiger partial charge in [-0.2, -0.15) is 0 Å². The Morgan fingerprint density at radius 3 is 2.75 bits per heavy atom. The van der Waals surface area contributed by atoms with Crippen LogP contribution >= 0.6 is 11.3 Å². The minimum atomic E-state index is -3.26. The summed E-state index contributed by atoms with van der Waals surface area (Å²) in [6, 6.07) is 16.3. The van der Waals surface area contributed by atoms with E-state index in [-0.39, 0.29) is 6.04 Å². The summed E-state index contributed by atoms with van der Waals surface area (Å²) < 4.78 is 25.7. The molecule has 0 saturated carbocycles. The molecule has 0 fully saturated rings. The van der Waals surface area contributed by atoms with Gasteiger partial charge in [-0.1, -0.05) is 36.4 Å². The zero-order valence-corrected chi connectivity index (χ0v) is 17.6. The minimum Gasteiger partial charge on any atom is -0.361 e. The molecule has 3 aromatic rings. The van der Waals surface area contributed by atoms with Gasteiger partial charge in [0.15, 0.2) is 5.13 Å². The zero-order valence-electron chi connectivity index (χ0n) is 15.9. The van der Waals surface area contributed by atoms with Crippen LogP contribution < -0.4 is 9.62 Å². The van der Waals surface area contributed by atoms with E-state index in [4.69, 9.17) is 4.98 Å². The molecule has 1 aromatic heterocycles. The van der Waals surface area contributed by atoms with Gasteiger partial charge in [-0.3, -0.25) is 4.31 Å². The summed E-state index contributed by atoms with van der Waals surface area (Å²) in [4.78, 5) is 4.70. The maximum Gasteiger partial charge on any atom is 0.232 e. The number of hydrogen-bond donors (Lipinski definition) is 1. The second-order valence-corrected chi connectivity index (χ2v) is 9.87. The van der Waals surface area contributed by atoms with Crippen LogP contribution in [0.3, 0.4) is 0 Å². The molecule has 1 N–H and O–H groups in total. The average molecular weight is 414 g/mol. The van der Waals surface area contributed by atoms with Crippen molar-refractivity contribution in [3.8, 4) is 11.3 Å². The van der Waals surface area contributed by atoms with Gasteiger partial charge in [0.25, 0.3) is 0 Å². The van der Waals surface area contributed by atoms with Crippen LogP contribution in [0.5, 0.6) is 0 Å². The number of nitrogens with one attached hydrogen (secondary N) is 1. The van der Waals surface area contributed by atoms with E-state index in [1.807, 2.05) is 30.5 Å². The zero-order chi connectivity index (χ0) is 19.7. The molecule has 1 atom stereocenters. The van der Waals surface area contributed by atoms with Crippen LogP contribution in [0.1, 0.15) is 18.1 Å². The summed E-state index contributed by atoms with van der Waals surface area (Å²) in [5.74, 6) is 0. The van der Waals surface area contributed by atoms with Gasteiger partial charge >= 0.3 is 0 Å². The maximum atomic E-state index is 12.1. The van der Waals surface area contributed by atoms with Gasteiger partial charge in [-0.05, 0) is 43.0 Å². The molecule has 5 nitrogen and oxygen atoms in total. The van der Waals surface area contributed by atoms with Crippen LogP contribution in [0.2, 0.25) is 0 Å². The van der Waals surface area contributed by atoms with Crippen LogP contribution in [-0.4, -0.2) is 32.2 Å². The third-order valence-electron chi connectivity index (χ3n) is 4.92. The minimum absolute atomic E-state index is 0.0501. The third-order valence-corrected chi connectivity index (χ3v) is 6.99. The first-order valence-electron chi connectivity index (χ1n) is 9.28. The highest BCUT2D eigenvalue weighted by Gasteiger charge is 2.32. The van der Waals surface area contributed by atoms with Crippen LogP contribution in [0.4, 0.5) is 10.8 Å². The number of nitrogens with zero attached hydrogens (tertiary/aromatic N) is 2. The summed E-state index contributed by atoms with van der Waals surface area (Å²) in [5.41, 5.74) is 5.08. The lowest BCUT2D eigenvalue weighted by molar-refractivity contribution is 0.590. The average Bonchev–Trinajstić information content (AvgIpc) is 3.25. The fourth-order valence-electron chi connectivity index (χ4n) is 3.71. The van der Waals surface area contributed by atoms with Gasteiger partial charge < -0.3 is 5.32 Å². The Hall–Kier alpha value is -2.38. The molecular formula is C21H23N3O2S2. The van der Waals surface area contributed by atoms with Crippen LogP contribution in [0.25, 0.3) is 11.3 Å². The first kappa shape index (κ1) is 19.0. The van der Waals surface area contributed by atoms with Crippen LogP contribution in [0.15, 0.2) is 53.9 Å². The van der Waals surface area contributed by atoms with Gasteiger partial charge in [0.2, 0.25) is 10.0 Å². The first-order valence-corrected chi connectivity index (χ1v) is 12.0. The normalized spacial score (nSPS) is 16.2. The molecule has 0 bridgehead atoms. The Balaban J connectivity index is 1.47. The van der Waals surface area contributed by atoms with Crippen LogP contribution in [-0.2, 0) is 22.9 Å². The lowest BCUT2D eigenvalue weighted by Crippen LogP contribution is -2.34. The van der Waals surface area contributed by atoms with Crippen molar-refractivity contribution in [3.63, 3.8) is 0 Å². The third kappa shape index (κ3) is 3.91. The number of thiazole rings is 1. The molecular weight excluding hydrogens is 390 g/mol. The van der Waals surface area contributed by atoms with E-state index in [1.165, 1.54) is 16.1 Å². The first-order chi connectivity index (χ1) is 13.4. The number of aromatic nitrogens is 1.